The highest BCUT2D eigenvalue weighted by Crippen LogP contribution is 2.35. The van der Waals surface area contributed by atoms with Crippen molar-refractivity contribution in [2.24, 2.45) is 0 Å². The fourth-order valence-corrected chi connectivity index (χ4v) is 3.15. The Bertz CT molecular complexity index is 809. The SMILES string of the molecule is CCCCCCOc1ccc(Br)cc1-c1nc(N)nc(C)c1C(=O)N(C)C. The number of nitrogens with zero attached hydrogens (tertiary/aromatic N) is 3. The van der Waals surface area contributed by atoms with Crippen LogP contribution in [0, 0.1) is 6.92 Å². The number of carbonyl (C=O) groups excluding carboxylic acids is 1. The van der Waals surface area contributed by atoms with E-state index in [2.05, 4.69) is 32.8 Å². The van der Waals surface area contributed by atoms with Crippen LogP contribution in [0.4, 0.5) is 5.95 Å². The lowest BCUT2D eigenvalue weighted by atomic mass is 10.0. The maximum atomic E-state index is 12.8. The molecule has 6 nitrogen and oxygen atoms in total. The predicted molar refractivity (Wildman–Crippen MR) is 112 cm³/mol. The number of unbranched alkanes of at least 4 members (excludes halogenated alkanes) is 3. The Balaban J connectivity index is 2.47. The molecule has 146 valence electrons. The average Bonchev–Trinajstić information content (AvgIpc) is 2.61. The van der Waals surface area contributed by atoms with E-state index < -0.39 is 0 Å². The van der Waals surface area contributed by atoms with E-state index >= 15 is 0 Å². The minimum absolute atomic E-state index is 0.131. The van der Waals surface area contributed by atoms with Gasteiger partial charge in [0.2, 0.25) is 5.95 Å². The van der Waals surface area contributed by atoms with E-state index in [9.17, 15) is 4.79 Å². The number of benzene rings is 1. The Morgan fingerprint density at radius 2 is 1.96 bits per heavy atom. The largest absolute Gasteiger partial charge is 0.493 e. The van der Waals surface area contributed by atoms with Gasteiger partial charge in [0.15, 0.2) is 0 Å². The molecular weight excluding hydrogens is 408 g/mol. The first-order valence-corrected chi connectivity index (χ1v) is 9.93. The molecule has 1 heterocycles. The fourth-order valence-electron chi connectivity index (χ4n) is 2.79. The van der Waals surface area contributed by atoms with Gasteiger partial charge in [-0.2, -0.15) is 0 Å². The number of hydrogen-bond acceptors (Lipinski definition) is 5. The van der Waals surface area contributed by atoms with Gasteiger partial charge >= 0.3 is 0 Å². The van der Waals surface area contributed by atoms with Gasteiger partial charge in [0.1, 0.15) is 5.75 Å². The molecule has 1 aromatic heterocycles. The smallest absolute Gasteiger partial charge is 0.257 e. The maximum absolute atomic E-state index is 12.8. The Kier molecular flexibility index (Phi) is 7.59. The van der Waals surface area contributed by atoms with Gasteiger partial charge in [-0.05, 0) is 31.5 Å². The van der Waals surface area contributed by atoms with Gasteiger partial charge in [-0.15, -0.1) is 0 Å². The molecule has 0 saturated heterocycles. The number of nitrogens with two attached hydrogens (primary N) is 1. The molecule has 0 radical (unpaired) electrons. The van der Waals surface area contributed by atoms with Crippen LogP contribution in [0.15, 0.2) is 22.7 Å². The van der Waals surface area contributed by atoms with Crippen molar-refractivity contribution >= 4 is 27.8 Å². The van der Waals surface area contributed by atoms with Gasteiger partial charge in [0, 0.05) is 24.1 Å². The molecule has 0 unspecified atom stereocenters. The molecule has 7 heteroatoms. The van der Waals surface area contributed by atoms with Crippen LogP contribution in [0.3, 0.4) is 0 Å². The van der Waals surface area contributed by atoms with Gasteiger partial charge in [-0.25, -0.2) is 9.97 Å². The summed E-state index contributed by atoms with van der Waals surface area (Å²) in [6.07, 6.45) is 4.49. The Morgan fingerprint density at radius 1 is 1.22 bits per heavy atom. The van der Waals surface area contributed by atoms with E-state index in [4.69, 9.17) is 10.5 Å². The molecular formula is C20H27BrN4O2. The molecule has 0 atom stereocenters. The van der Waals surface area contributed by atoms with Crippen molar-refractivity contribution in [2.75, 3.05) is 26.4 Å². The molecule has 27 heavy (non-hydrogen) atoms. The fraction of sp³-hybridized carbons (Fsp3) is 0.450. The van der Waals surface area contributed by atoms with Gasteiger partial charge in [-0.1, -0.05) is 42.1 Å². The number of aromatic nitrogens is 2. The summed E-state index contributed by atoms with van der Waals surface area (Å²) in [4.78, 5) is 22.8. The van der Waals surface area contributed by atoms with Crippen molar-refractivity contribution in [3.05, 3.63) is 33.9 Å². The van der Waals surface area contributed by atoms with Gasteiger partial charge in [-0.3, -0.25) is 4.79 Å². The zero-order chi connectivity index (χ0) is 20.0. The number of rotatable bonds is 8. The molecule has 2 N–H and O–H groups in total. The number of hydrogen-bond donors (Lipinski definition) is 1. The van der Waals surface area contributed by atoms with Crippen LogP contribution in [0.1, 0.15) is 48.7 Å². The van der Waals surface area contributed by atoms with E-state index in [1.54, 1.807) is 21.0 Å². The molecule has 1 amide bonds. The standard InChI is InChI=1S/C20H27BrN4O2/c1-5-6-7-8-11-27-16-10-9-14(21)12-15(16)18-17(19(26)25(3)4)13(2)23-20(22)24-18/h9-10,12H,5-8,11H2,1-4H3,(H2,22,23,24). The minimum Gasteiger partial charge on any atom is -0.493 e. The number of aryl methyl sites for hydroxylation is 1. The van der Waals surface area contributed by atoms with Crippen molar-refractivity contribution in [1.82, 2.24) is 14.9 Å². The second kappa shape index (κ2) is 9.69. The molecule has 0 aliphatic rings. The molecule has 0 bridgehead atoms. The first-order chi connectivity index (χ1) is 12.8. The Morgan fingerprint density at radius 3 is 2.63 bits per heavy atom. The molecule has 0 spiro atoms. The van der Waals surface area contributed by atoms with E-state index in [0.29, 0.717) is 29.3 Å². The molecule has 2 aromatic rings. The summed E-state index contributed by atoms with van der Waals surface area (Å²) in [6.45, 7) is 4.56. The quantitative estimate of drug-likeness (QED) is 0.620. The van der Waals surface area contributed by atoms with Crippen molar-refractivity contribution in [3.63, 3.8) is 0 Å². The third-order valence-corrected chi connectivity index (χ3v) is 4.67. The topological polar surface area (TPSA) is 81.3 Å². The van der Waals surface area contributed by atoms with Crippen molar-refractivity contribution in [3.8, 4) is 17.0 Å². The van der Waals surface area contributed by atoms with Gasteiger partial charge in [0.05, 0.1) is 23.6 Å². The lowest BCUT2D eigenvalue weighted by Gasteiger charge is -2.18. The molecule has 1 aromatic carbocycles. The lowest BCUT2D eigenvalue weighted by Crippen LogP contribution is -2.24. The second-order valence-electron chi connectivity index (χ2n) is 6.64. The number of nitrogen functional groups attached to an aromatic ring is 1. The minimum atomic E-state index is -0.170. The normalized spacial score (nSPS) is 10.7. The van der Waals surface area contributed by atoms with Gasteiger partial charge in [0.25, 0.3) is 5.91 Å². The summed E-state index contributed by atoms with van der Waals surface area (Å²) >= 11 is 3.50. The van der Waals surface area contributed by atoms with Crippen LogP contribution in [0.25, 0.3) is 11.3 Å². The third kappa shape index (κ3) is 5.42. The summed E-state index contributed by atoms with van der Waals surface area (Å²) in [5.74, 6) is 0.642. The highest BCUT2D eigenvalue weighted by molar-refractivity contribution is 9.10. The first kappa shape index (κ1) is 21.2. The first-order valence-electron chi connectivity index (χ1n) is 9.13. The molecule has 0 fully saturated rings. The monoisotopic (exact) mass is 434 g/mol. The van der Waals surface area contributed by atoms with E-state index in [-0.39, 0.29) is 11.9 Å². The highest BCUT2D eigenvalue weighted by atomic mass is 79.9. The van der Waals surface area contributed by atoms with Crippen molar-refractivity contribution in [1.29, 1.82) is 0 Å². The highest BCUT2D eigenvalue weighted by Gasteiger charge is 2.23. The van der Waals surface area contributed by atoms with E-state index in [0.717, 1.165) is 22.9 Å². The van der Waals surface area contributed by atoms with E-state index in [1.165, 1.54) is 17.7 Å². The summed E-state index contributed by atoms with van der Waals surface area (Å²) in [6, 6.07) is 5.70. The number of ether oxygens (including phenoxy) is 1. The number of halogens is 1. The predicted octanol–water partition coefficient (Wildman–Crippen LogP) is 4.46. The van der Waals surface area contributed by atoms with Crippen LogP contribution in [0.5, 0.6) is 5.75 Å². The summed E-state index contributed by atoms with van der Waals surface area (Å²) in [5, 5.41) is 0. The van der Waals surface area contributed by atoms with Crippen LogP contribution < -0.4 is 10.5 Å². The third-order valence-electron chi connectivity index (χ3n) is 4.18. The average molecular weight is 435 g/mol. The van der Waals surface area contributed by atoms with Crippen LogP contribution in [-0.4, -0.2) is 41.5 Å². The Labute approximate surface area is 169 Å². The zero-order valence-electron chi connectivity index (χ0n) is 16.4. The van der Waals surface area contributed by atoms with E-state index in [1.807, 2.05) is 18.2 Å². The zero-order valence-corrected chi connectivity index (χ0v) is 18.0. The summed E-state index contributed by atoms with van der Waals surface area (Å²) in [7, 11) is 3.40. The maximum Gasteiger partial charge on any atom is 0.257 e. The van der Waals surface area contributed by atoms with Crippen molar-refractivity contribution in [2.45, 2.75) is 39.5 Å². The molecule has 2 rings (SSSR count). The number of carbonyl (C=O) groups is 1. The molecule has 0 aliphatic carbocycles. The lowest BCUT2D eigenvalue weighted by molar-refractivity contribution is 0.0827. The number of amides is 1. The Hall–Kier alpha value is -2.15. The molecule has 0 aliphatic heterocycles. The van der Waals surface area contributed by atoms with Crippen molar-refractivity contribution < 1.29 is 9.53 Å². The summed E-state index contributed by atoms with van der Waals surface area (Å²) < 4.78 is 6.89. The summed E-state index contributed by atoms with van der Waals surface area (Å²) in [5.41, 5.74) is 8.08. The molecule has 0 saturated carbocycles. The second-order valence-corrected chi connectivity index (χ2v) is 7.56. The van der Waals surface area contributed by atoms with Crippen LogP contribution in [0.2, 0.25) is 0 Å². The number of anilines is 1. The van der Waals surface area contributed by atoms with Gasteiger partial charge < -0.3 is 15.4 Å². The van der Waals surface area contributed by atoms with Crippen LogP contribution >= 0.6 is 15.9 Å². The van der Waals surface area contributed by atoms with Crippen LogP contribution in [-0.2, 0) is 0 Å².